The first-order chi connectivity index (χ1) is 9.45. The zero-order valence-electron chi connectivity index (χ0n) is 10.7. The summed E-state index contributed by atoms with van der Waals surface area (Å²) in [6, 6.07) is 5.92. The molecule has 1 aromatic carbocycles. The van der Waals surface area contributed by atoms with Gasteiger partial charge < -0.3 is 5.11 Å². The molecule has 2 rings (SSSR count). The van der Waals surface area contributed by atoms with Gasteiger partial charge in [-0.05, 0) is 43.5 Å². The van der Waals surface area contributed by atoms with E-state index < -0.39 is 21.9 Å². The monoisotopic (exact) mass is 292 g/mol. The summed E-state index contributed by atoms with van der Waals surface area (Å²) in [5.41, 5.74) is 0.508. The van der Waals surface area contributed by atoms with Crippen LogP contribution in [0.15, 0.2) is 29.2 Å². The number of rotatable bonds is 3. The second kappa shape index (κ2) is 5.65. The fraction of sp³-hybridized carbons (Fsp3) is 0.357. The van der Waals surface area contributed by atoms with Crippen molar-refractivity contribution in [2.45, 2.75) is 17.7 Å². The predicted octanol–water partition coefficient (Wildman–Crippen LogP) is 1.11. The zero-order chi connectivity index (χ0) is 14.8. The molecule has 0 atom stereocenters. The molecular formula is C14H14NO4S. The minimum atomic E-state index is -3.58. The van der Waals surface area contributed by atoms with E-state index in [2.05, 4.69) is 5.92 Å². The maximum Gasteiger partial charge on any atom is 0.306 e. The van der Waals surface area contributed by atoms with Gasteiger partial charge in [-0.2, -0.15) is 4.31 Å². The number of carboxylic acid groups (broad SMARTS) is 1. The number of benzene rings is 1. The smallest absolute Gasteiger partial charge is 0.306 e. The van der Waals surface area contributed by atoms with Crippen molar-refractivity contribution in [1.82, 2.24) is 4.31 Å². The zero-order valence-corrected chi connectivity index (χ0v) is 11.6. The maximum atomic E-state index is 12.4. The van der Waals surface area contributed by atoms with E-state index in [-0.39, 0.29) is 18.0 Å². The largest absolute Gasteiger partial charge is 0.481 e. The van der Waals surface area contributed by atoms with E-state index in [4.69, 9.17) is 11.5 Å². The van der Waals surface area contributed by atoms with E-state index in [0.29, 0.717) is 18.4 Å². The molecule has 1 aromatic rings. The van der Waals surface area contributed by atoms with Crippen molar-refractivity contribution in [3.05, 3.63) is 36.3 Å². The van der Waals surface area contributed by atoms with Gasteiger partial charge in [-0.3, -0.25) is 4.79 Å². The minimum Gasteiger partial charge on any atom is -0.481 e. The van der Waals surface area contributed by atoms with Gasteiger partial charge in [0.05, 0.1) is 10.8 Å². The third-order valence-electron chi connectivity index (χ3n) is 3.44. The molecule has 0 amide bonds. The van der Waals surface area contributed by atoms with Crippen LogP contribution in [0.4, 0.5) is 0 Å². The molecule has 105 valence electrons. The number of carbonyl (C=O) groups is 1. The highest BCUT2D eigenvalue weighted by Crippen LogP contribution is 2.24. The Balaban J connectivity index is 2.15. The van der Waals surface area contributed by atoms with Crippen LogP contribution in [0.2, 0.25) is 0 Å². The van der Waals surface area contributed by atoms with Gasteiger partial charge in [-0.15, -0.1) is 0 Å². The molecule has 0 spiro atoms. The molecule has 0 aromatic heterocycles. The lowest BCUT2D eigenvalue weighted by Gasteiger charge is -2.29. The number of sulfonamides is 1. The summed E-state index contributed by atoms with van der Waals surface area (Å²) in [6.07, 6.45) is 7.63. The fourth-order valence-electron chi connectivity index (χ4n) is 2.20. The second-order valence-electron chi connectivity index (χ2n) is 4.67. The summed E-state index contributed by atoms with van der Waals surface area (Å²) in [5, 5.41) is 8.91. The van der Waals surface area contributed by atoms with Crippen LogP contribution in [0.25, 0.3) is 0 Å². The van der Waals surface area contributed by atoms with Crippen molar-refractivity contribution in [1.29, 1.82) is 0 Å². The first-order valence-electron chi connectivity index (χ1n) is 6.21. The van der Waals surface area contributed by atoms with Gasteiger partial charge in [0.2, 0.25) is 10.0 Å². The summed E-state index contributed by atoms with van der Waals surface area (Å²) < 4.78 is 26.1. The lowest BCUT2D eigenvalue weighted by Crippen LogP contribution is -2.40. The van der Waals surface area contributed by atoms with E-state index in [1.165, 1.54) is 28.6 Å². The Bertz CT molecular complexity index is 635. The van der Waals surface area contributed by atoms with E-state index in [1.54, 1.807) is 0 Å². The molecule has 1 radical (unpaired) electrons. The SMILES string of the molecule is [C]#Cc1ccc(S(=O)(=O)N2CCC(C(=O)O)CC2)cc1. The van der Waals surface area contributed by atoms with Crippen LogP contribution in [0.3, 0.4) is 0 Å². The minimum absolute atomic E-state index is 0.158. The molecule has 1 aliphatic heterocycles. The van der Waals surface area contributed by atoms with E-state index in [9.17, 15) is 13.2 Å². The Morgan fingerprint density at radius 1 is 1.25 bits per heavy atom. The predicted molar refractivity (Wildman–Crippen MR) is 71.8 cm³/mol. The topological polar surface area (TPSA) is 74.7 Å². The first-order valence-corrected chi connectivity index (χ1v) is 7.65. The number of nitrogens with zero attached hydrogens (tertiary/aromatic N) is 1. The third kappa shape index (κ3) is 2.84. The van der Waals surface area contributed by atoms with Crippen molar-refractivity contribution in [2.24, 2.45) is 5.92 Å². The van der Waals surface area contributed by atoms with Crippen LogP contribution in [0.1, 0.15) is 18.4 Å². The van der Waals surface area contributed by atoms with Gasteiger partial charge in [0.25, 0.3) is 0 Å². The average molecular weight is 292 g/mol. The Morgan fingerprint density at radius 3 is 2.25 bits per heavy atom. The summed E-state index contributed by atoms with van der Waals surface area (Å²) in [4.78, 5) is 11.0. The van der Waals surface area contributed by atoms with Crippen molar-refractivity contribution in [3.63, 3.8) is 0 Å². The number of carboxylic acids is 1. The van der Waals surface area contributed by atoms with E-state index >= 15 is 0 Å². The molecule has 5 nitrogen and oxygen atoms in total. The van der Waals surface area contributed by atoms with Crippen LogP contribution in [0, 0.1) is 18.3 Å². The van der Waals surface area contributed by atoms with Crippen LogP contribution in [-0.2, 0) is 14.8 Å². The highest BCUT2D eigenvalue weighted by Gasteiger charge is 2.31. The molecule has 1 aliphatic rings. The Hall–Kier alpha value is -1.84. The average Bonchev–Trinajstić information content (AvgIpc) is 2.47. The molecular weight excluding hydrogens is 278 g/mol. The Labute approximate surface area is 118 Å². The van der Waals surface area contributed by atoms with Crippen LogP contribution in [-0.4, -0.2) is 36.9 Å². The van der Waals surface area contributed by atoms with Crippen LogP contribution >= 0.6 is 0 Å². The summed E-state index contributed by atoms with van der Waals surface area (Å²) >= 11 is 0. The maximum absolute atomic E-state index is 12.4. The molecule has 1 saturated heterocycles. The Morgan fingerprint density at radius 2 is 1.80 bits per heavy atom. The third-order valence-corrected chi connectivity index (χ3v) is 5.35. The van der Waals surface area contributed by atoms with Crippen molar-refractivity contribution in [2.75, 3.05) is 13.1 Å². The molecule has 0 unspecified atom stereocenters. The lowest BCUT2D eigenvalue weighted by atomic mass is 9.99. The second-order valence-corrected chi connectivity index (χ2v) is 6.60. The van der Waals surface area contributed by atoms with E-state index in [1.807, 2.05) is 0 Å². The number of hydrogen-bond donors (Lipinski definition) is 1. The molecule has 20 heavy (non-hydrogen) atoms. The van der Waals surface area contributed by atoms with Gasteiger partial charge in [0.15, 0.2) is 0 Å². The summed E-state index contributed by atoms with van der Waals surface area (Å²) in [7, 11) is -3.58. The quantitative estimate of drug-likeness (QED) is 0.847. The van der Waals surface area contributed by atoms with Gasteiger partial charge >= 0.3 is 5.97 Å². The van der Waals surface area contributed by atoms with Crippen molar-refractivity contribution >= 4 is 16.0 Å². The Kier molecular flexibility index (Phi) is 4.12. The highest BCUT2D eigenvalue weighted by molar-refractivity contribution is 7.89. The van der Waals surface area contributed by atoms with Gasteiger partial charge in [-0.1, -0.05) is 5.92 Å². The standard InChI is InChI=1S/C14H14NO4S/c1-2-11-3-5-13(6-4-11)20(18,19)15-9-7-12(8-10-15)14(16)17/h3-6,12H,7-10H2,(H,16,17). The van der Waals surface area contributed by atoms with Crippen LogP contribution < -0.4 is 0 Å². The highest BCUT2D eigenvalue weighted by atomic mass is 32.2. The first kappa shape index (κ1) is 14.6. The molecule has 1 N–H and O–H groups in total. The van der Waals surface area contributed by atoms with Gasteiger partial charge in [0.1, 0.15) is 0 Å². The van der Waals surface area contributed by atoms with Crippen LogP contribution in [0.5, 0.6) is 0 Å². The van der Waals surface area contributed by atoms with E-state index in [0.717, 1.165) is 0 Å². The van der Waals surface area contributed by atoms with Gasteiger partial charge in [-0.25, -0.2) is 8.42 Å². The number of hydrogen-bond acceptors (Lipinski definition) is 3. The molecule has 0 aliphatic carbocycles. The lowest BCUT2D eigenvalue weighted by molar-refractivity contribution is -0.142. The molecule has 6 heteroatoms. The molecule has 1 fully saturated rings. The molecule has 0 saturated carbocycles. The normalized spacial score (nSPS) is 17.6. The fourth-order valence-corrected chi connectivity index (χ4v) is 3.67. The molecule has 1 heterocycles. The van der Waals surface area contributed by atoms with Crippen molar-refractivity contribution < 1.29 is 18.3 Å². The summed E-state index contributed by atoms with van der Waals surface area (Å²) in [6.45, 7) is 0.440. The number of aliphatic carboxylic acids is 1. The number of piperidine rings is 1. The van der Waals surface area contributed by atoms with Gasteiger partial charge in [0, 0.05) is 18.7 Å². The van der Waals surface area contributed by atoms with Crippen molar-refractivity contribution in [3.8, 4) is 5.92 Å². The summed E-state index contributed by atoms with van der Waals surface area (Å²) in [5.74, 6) is 0.850. The molecule has 0 bridgehead atoms.